The summed E-state index contributed by atoms with van der Waals surface area (Å²) in [6, 6.07) is 9.47. The predicted molar refractivity (Wildman–Crippen MR) is 197 cm³/mol. The third-order valence-corrected chi connectivity index (χ3v) is 11.1. The van der Waals surface area contributed by atoms with Crippen LogP contribution in [0.15, 0.2) is 42.5 Å². The highest BCUT2D eigenvalue weighted by atomic mass is 33.1. The lowest BCUT2D eigenvalue weighted by molar-refractivity contribution is -0.198. The van der Waals surface area contributed by atoms with E-state index in [1.54, 1.807) is 42.5 Å². The number of hydrogen-bond donors (Lipinski definition) is 2. The number of benzene rings is 2. The molecular formula is C36H42N4O13S2. The van der Waals surface area contributed by atoms with E-state index in [0.29, 0.717) is 32.8 Å². The first-order valence-corrected chi connectivity index (χ1v) is 19.4. The lowest BCUT2D eigenvalue weighted by Gasteiger charge is -2.26. The van der Waals surface area contributed by atoms with E-state index in [1.807, 2.05) is 20.8 Å². The van der Waals surface area contributed by atoms with Gasteiger partial charge in [-0.25, -0.2) is 9.59 Å². The molecule has 0 aliphatic carbocycles. The summed E-state index contributed by atoms with van der Waals surface area (Å²) >= 11 is 0. The lowest BCUT2D eigenvalue weighted by Crippen LogP contribution is -2.49. The molecule has 0 saturated carbocycles. The van der Waals surface area contributed by atoms with E-state index < -0.39 is 72.5 Å². The quantitative estimate of drug-likeness (QED) is 0.164. The number of nitrogens with one attached hydrogen (secondary N) is 2. The van der Waals surface area contributed by atoms with E-state index in [4.69, 9.17) is 23.9 Å². The van der Waals surface area contributed by atoms with Crippen molar-refractivity contribution in [3.63, 3.8) is 0 Å². The van der Waals surface area contributed by atoms with Crippen molar-refractivity contribution in [1.29, 1.82) is 0 Å². The number of rotatable bonds is 18. The number of ether oxygens (including phenoxy) is 3. The van der Waals surface area contributed by atoms with Crippen molar-refractivity contribution >= 4 is 69.0 Å². The summed E-state index contributed by atoms with van der Waals surface area (Å²) in [7, 11) is 5.83. The van der Waals surface area contributed by atoms with Crippen LogP contribution in [0.3, 0.4) is 0 Å². The third kappa shape index (κ3) is 12.4. The van der Waals surface area contributed by atoms with Crippen LogP contribution in [0.2, 0.25) is 0 Å². The van der Waals surface area contributed by atoms with Crippen molar-refractivity contribution in [2.45, 2.75) is 76.1 Å². The minimum Gasteiger partial charge on any atom is -0.497 e. The second-order valence-corrected chi connectivity index (χ2v) is 16.3. The lowest BCUT2D eigenvalue weighted by atomic mass is 9.97. The van der Waals surface area contributed by atoms with Gasteiger partial charge in [0.2, 0.25) is 11.8 Å². The van der Waals surface area contributed by atoms with Gasteiger partial charge in [0.05, 0.1) is 26.7 Å². The van der Waals surface area contributed by atoms with E-state index in [2.05, 4.69) is 10.6 Å². The minimum atomic E-state index is -1.08. The number of carbonyl (C=O) groups is 8. The van der Waals surface area contributed by atoms with Gasteiger partial charge in [0.25, 0.3) is 23.6 Å². The minimum absolute atomic E-state index is 0.0452. The van der Waals surface area contributed by atoms with Gasteiger partial charge >= 0.3 is 11.9 Å². The van der Waals surface area contributed by atoms with Crippen molar-refractivity contribution in [3.8, 4) is 17.2 Å². The summed E-state index contributed by atoms with van der Waals surface area (Å²) in [5.74, 6) is -4.38. The van der Waals surface area contributed by atoms with Crippen LogP contribution < -0.4 is 24.8 Å². The zero-order valence-electron chi connectivity index (χ0n) is 30.9. The number of methoxy groups -OCH3 is 2. The molecule has 296 valence electrons. The van der Waals surface area contributed by atoms with Crippen molar-refractivity contribution in [2.24, 2.45) is 0 Å². The molecule has 2 aliphatic rings. The van der Waals surface area contributed by atoms with Gasteiger partial charge in [-0.3, -0.25) is 28.8 Å². The molecule has 0 bridgehead atoms. The summed E-state index contributed by atoms with van der Waals surface area (Å²) in [5, 5.41) is 6.52. The Labute approximate surface area is 324 Å². The number of imide groups is 2. The van der Waals surface area contributed by atoms with Gasteiger partial charge in [0.15, 0.2) is 6.61 Å². The number of hydroxylamine groups is 4. The second-order valence-electron chi connectivity index (χ2n) is 13.1. The van der Waals surface area contributed by atoms with Crippen molar-refractivity contribution in [2.75, 3.05) is 26.6 Å². The Bertz CT molecular complexity index is 1770. The fourth-order valence-electron chi connectivity index (χ4n) is 5.07. The molecule has 2 unspecified atom stereocenters. The number of carbonyl (C=O) groups excluding carboxylic acids is 8. The van der Waals surface area contributed by atoms with Crippen molar-refractivity contribution in [1.82, 2.24) is 20.8 Å². The molecule has 2 aliphatic heterocycles. The monoisotopic (exact) mass is 802 g/mol. The average Bonchev–Trinajstić information content (AvgIpc) is 3.64. The zero-order chi connectivity index (χ0) is 40.3. The Kier molecular flexibility index (Phi) is 14.9. The topological polar surface area (TPSA) is 213 Å². The molecule has 55 heavy (non-hydrogen) atoms. The number of amides is 6. The Morgan fingerprint density at radius 2 is 1.31 bits per heavy atom. The van der Waals surface area contributed by atoms with Crippen LogP contribution in [-0.4, -0.2) is 94.9 Å². The van der Waals surface area contributed by atoms with Gasteiger partial charge in [-0.2, -0.15) is 0 Å². The zero-order valence-corrected chi connectivity index (χ0v) is 32.5. The van der Waals surface area contributed by atoms with E-state index in [-0.39, 0.29) is 48.4 Å². The van der Waals surface area contributed by atoms with E-state index in [0.717, 1.165) is 0 Å². The maximum absolute atomic E-state index is 14.1. The summed E-state index contributed by atoms with van der Waals surface area (Å²) in [6.07, 6.45) is -1.07. The molecular weight excluding hydrogens is 761 g/mol. The third-order valence-electron chi connectivity index (χ3n) is 7.76. The summed E-state index contributed by atoms with van der Waals surface area (Å²) < 4.78 is 16.3. The second kappa shape index (κ2) is 19.3. The van der Waals surface area contributed by atoms with Gasteiger partial charge in [-0.15, -0.1) is 10.1 Å². The molecule has 0 radical (unpaired) electrons. The van der Waals surface area contributed by atoms with Crippen LogP contribution in [0.1, 0.15) is 76.5 Å². The normalized spacial score (nSPS) is 15.4. The van der Waals surface area contributed by atoms with Crippen LogP contribution >= 0.6 is 21.6 Å². The molecule has 2 atom stereocenters. The molecule has 6 amide bonds. The summed E-state index contributed by atoms with van der Waals surface area (Å²) in [4.78, 5) is 109. The molecule has 0 spiro atoms. The van der Waals surface area contributed by atoms with E-state index >= 15 is 0 Å². The molecule has 2 aromatic carbocycles. The molecule has 4 rings (SSSR count). The van der Waals surface area contributed by atoms with Crippen LogP contribution in [-0.2, 0) is 48.0 Å². The Morgan fingerprint density at radius 1 is 0.745 bits per heavy atom. The molecule has 2 aromatic rings. The highest BCUT2D eigenvalue weighted by Crippen LogP contribution is 2.36. The van der Waals surface area contributed by atoms with Crippen LogP contribution in [0.5, 0.6) is 17.2 Å². The number of nitrogens with zero attached hydrogens (tertiary/aromatic N) is 2. The van der Waals surface area contributed by atoms with E-state index in [9.17, 15) is 38.4 Å². The molecule has 0 aromatic heterocycles. The Morgan fingerprint density at radius 3 is 1.85 bits per heavy atom. The molecule has 17 nitrogen and oxygen atoms in total. The molecule has 2 saturated heterocycles. The first kappa shape index (κ1) is 42.4. The van der Waals surface area contributed by atoms with Gasteiger partial charge in [0, 0.05) is 54.2 Å². The SMILES string of the molecule is COc1ccc(C(NC(=O)C(CSSC(C)(C)C)NC(=O)CCC(=O)ON2C(=O)CCC2=O)c2ccc(OCC(=O)ON3C(=O)CCC3=O)cc2)c(OC)c1. The highest BCUT2D eigenvalue weighted by molar-refractivity contribution is 8.77. The molecule has 2 fully saturated rings. The van der Waals surface area contributed by atoms with Crippen LogP contribution in [0, 0.1) is 0 Å². The standard InChI is InChI=1S/C36H42N4O13S2/c1-36(2,3)55-54-20-25(37-27(41)12-17-32(46)52-39-28(42)13-14-29(39)43)35(48)38-34(24-11-10-23(49-4)18-26(24)50-5)21-6-8-22(9-7-21)51-19-33(47)53-40-30(44)15-16-31(40)45/h6-11,18,25,34H,12-17,19-20H2,1-5H3,(H,37,41)(H,38,48). The predicted octanol–water partition coefficient (Wildman–Crippen LogP) is 2.95. The first-order valence-electron chi connectivity index (χ1n) is 17.1. The largest absolute Gasteiger partial charge is 0.497 e. The first-order chi connectivity index (χ1) is 26.1. The Balaban J connectivity index is 1.50. The maximum Gasteiger partial charge on any atom is 0.370 e. The van der Waals surface area contributed by atoms with Gasteiger partial charge < -0.3 is 34.5 Å². The van der Waals surface area contributed by atoms with Crippen LogP contribution in [0.4, 0.5) is 0 Å². The average molecular weight is 803 g/mol. The Hall–Kier alpha value is -5.30. The van der Waals surface area contributed by atoms with E-state index in [1.165, 1.54) is 35.8 Å². The van der Waals surface area contributed by atoms with Gasteiger partial charge in [-0.1, -0.05) is 54.5 Å². The fraction of sp³-hybridized carbons (Fsp3) is 0.444. The molecule has 19 heteroatoms. The fourth-order valence-corrected chi connectivity index (χ4v) is 7.54. The van der Waals surface area contributed by atoms with Crippen LogP contribution in [0.25, 0.3) is 0 Å². The smallest absolute Gasteiger partial charge is 0.370 e. The maximum atomic E-state index is 14.1. The van der Waals surface area contributed by atoms with Crippen molar-refractivity contribution < 1.29 is 62.2 Å². The number of hydrogen-bond acceptors (Lipinski definition) is 15. The van der Waals surface area contributed by atoms with Gasteiger partial charge in [0.1, 0.15) is 23.3 Å². The summed E-state index contributed by atoms with van der Waals surface area (Å²) in [5.41, 5.74) is 1.08. The molecule has 2 heterocycles. The summed E-state index contributed by atoms with van der Waals surface area (Å²) in [6.45, 7) is 5.40. The molecule has 2 N–H and O–H groups in total. The van der Waals surface area contributed by atoms with Gasteiger partial charge in [-0.05, 0) is 29.8 Å². The van der Waals surface area contributed by atoms with Crippen molar-refractivity contribution in [3.05, 3.63) is 53.6 Å². The highest BCUT2D eigenvalue weighted by Gasteiger charge is 2.34.